The molecule has 0 aliphatic carbocycles. The Balaban J connectivity index is 2.45. The molecular weight excluding hydrogens is 363 g/mol. The smallest absolute Gasteiger partial charge is 0.281 e. The fourth-order valence-electron chi connectivity index (χ4n) is 1.66. The number of anilines is 2. The number of hydrogen-bond donors (Lipinski definition) is 3. The lowest BCUT2D eigenvalue weighted by molar-refractivity contribution is 0.597. The molecule has 6 nitrogen and oxygen atoms in total. The summed E-state index contributed by atoms with van der Waals surface area (Å²) in [4.78, 5) is 3.79. The normalized spacial score (nSPS) is 11.2. The minimum absolute atomic E-state index is 0.129. The Hall–Kier alpha value is -1.71. The van der Waals surface area contributed by atoms with E-state index in [1.807, 2.05) is 0 Å². The molecule has 0 saturated heterocycles. The van der Waals surface area contributed by atoms with Gasteiger partial charge in [-0.2, -0.15) is 8.42 Å². The highest BCUT2D eigenvalue weighted by molar-refractivity contribution is 9.10. The molecule has 0 amide bonds. The van der Waals surface area contributed by atoms with Gasteiger partial charge in [0.25, 0.3) is 10.0 Å². The van der Waals surface area contributed by atoms with Crippen LogP contribution in [0.1, 0.15) is 5.56 Å². The quantitative estimate of drug-likeness (QED) is 0.563. The first kappa shape index (κ1) is 15.7. The molecular formula is C12H12BrFN4O2S. The van der Waals surface area contributed by atoms with Crippen LogP contribution in [0.5, 0.6) is 0 Å². The molecule has 2 aromatic rings. The number of sulfonamides is 1. The zero-order chi connectivity index (χ0) is 15.6. The lowest BCUT2D eigenvalue weighted by Crippen LogP contribution is -2.19. The zero-order valence-corrected chi connectivity index (χ0v) is 13.3. The maximum absolute atomic E-state index is 13.6. The average molecular weight is 375 g/mol. The van der Waals surface area contributed by atoms with Crippen LogP contribution in [0.4, 0.5) is 15.8 Å². The van der Waals surface area contributed by atoms with Crippen LogP contribution >= 0.6 is 15.9 Å². The van der Waals surface area contributed by atoms with Gasteiger partial charge in [-0.25, -0.2) is 9.37 Å². The van der Waals surface area contributed by atoms with E-state index in [4.69, 9.17) is 5.84 Å². The Labute approximate surface area is 129 Å². The van der Waals surface area contributed by atoms with E-state index in [1.165, 1.54) is 18.3 Å². The lowest BCUT2D eigenvalue weighted by Gasteiger charge is -2.13. The summed E-state index contributed by atoms with van der Waals surface area (Å²) in [5, 5.41) is -0.268. The van der Waals surface area contributed by atoms with Crippen molar-refractivity contribution in [2.75, 3.05) is 10.1 Å². The van der Waals surface area contributed by atoms with E-state index >= 15 is 0 Å². The van der Waals surface area contributed by atoms with Crippen molar-refractivity contribution in [1.82, 2.24) is 4.98 Å². The van der Waals surface area contributed by atoms with Crippen LogP contribution in [-0.4, -0.2) is 13.4 Å². The highest BCUT2D eigenvalue weighted by atomic mass is 79.9. The van der Waals surface area contributed by atoms with Crippen molar-refractivity contribution in [3.05, 3.63) is 46.3 Å². The second-order valence-electron chi connectivity index (χ2n) is 4.19. The average Bonchev–Trinajstić information content (AvgIpc) is 2.44. The highest BCUT2D eigenvalue weighted by Gasteiger charge is 2.21. The maximum Gasteiger partial charge on any atom is 0.281 e. The molecule has 0 aliphatic heterocycles. The molecule has 21 heavy (non-hydrogen) atoms. The summed E-state index contributed by atoms with van der Waals surface area (Å²) < 4.78 is 40.8. The van der Waals surface area contributed by atoms with Crippen molar-refractivity contribution in [3.8, 4) is 0 Å². The van der Waals surface area contributed by atoms with E-state index in [-0.39, 0.29) is 20.9 Å². The third-order valence-corrected chi connectivity index (χ3v) is 4.62. The van der Waals surface area contributed by atoms with Crippen molar-refractivity contribution in [3.63, 3.8) is 0 Å². The van der Waals surface area contributed by atoms with Gasteiger partial charge >= 0.3 is 0 Å². The van der Waals surface area contributed by atoms with Gasteiger partial charge in [-0.3, -0.25) is 10.6 Å². The molecule has 0 saturated carbocycles. The van der Waals surface area contributed by atoms with Gasteiger partial charge in [0.2, 0.25) is 5.03 Å². The molecule has 0 bridgehead atoms. The Morgan fingerprint density at radius 2 is 2.05 bits per heavy atom. The summed E-state index contributed by atoms with van der Waals surface area (Å²) in [6, 6.07) is 5.58. The number of nitrogens with zero attached hydrogens (tertiary/aromatic N) is 1. The summed E-state index contributed by atoms with van der Waals surface area (Å²) in [7, 11) is -3.99. The molecule has 4 N–H and O–H groups in total. The molecule has 9 heteroatoms. The first-order valence-corrected chi connectivity index (χ1v) is 8.03. The molecule has 0 aliphatic rings. The summed E-state index contributed by atoms with van der Waals surface area (Å²) in [5.74, 6) is 4.69. The highest BCUT2D eigenvalue weighted by Crippen LogP contribution is 2.27. The number of nitrogens with one attached hydrogen (secondary N) is 2. The summed E-state index contributed by atoms with van der Waals surface area (Å²) in [5.41, 5.74) is 3.09. The SMILES string of the molecule is Cc1cc(Br)c(F)cc1NS(=O)(=O)c1ncccc1NN. The molecule has 1 heterocycles. The van der Waals surface area contributed by atoms with E-state index in [0.29, 0.717) is 5.56 Å². The number of benzene rings is 1. The molecule has 0 radical (unpaired) electrons. The molecule has 1 aromatic heterocycles. The van der Waals surface area contributed by atoms with E-state index in [2.05, 4.69) is 31.1 Å². The van der Waals surface area contributed by atoms with Gasteiger partial charge in [-0.05, 0) is 52.7 Å². The molecule has 1 aromatic carbocycles. The van der Waals surface area contributed by atoms with Crippen LogP contribution < -0.4 is 16.0 Å². The molecule has 0 spiro atoms. The van der Waals surface area contributed by atoms with E-state index in [9.17, 15) is 12.8 Å². The first-order valence-electron chi connectivity index (χ1n) is 5.75. The molecule has 0 fully saturated rings. The summed E-state index contributed by atoms with van der Waals surface area (Å²) in [6.07, 6.45) is 1.32. The largest absolute Gasteiger partial charge is 0.321 e. The predicted octanol–water partition coefficient (Wildman–Crippen LogP) is 2.38. The van der Waals surface area contributed by atoms with E-state index < -0.39 is 15.8 Å². The lowest BCUT2D eigenvalue weighted by atomic mass is 10.2. The molecule has 2 rings (SSSR count). The van der Waals surface area contributed by atoms with Gasteiger partial charge < -0.3 is 5.43 Å². The zero-order valence-electron chi connectivity index (χ0n) is 10.9. The summed E-state index contributed by atoms with van der Waals surface area (Å²) in [6.45, 7) is 1.66. The van der Waals surface area contributed by atoms with Crippen molar-refractivity contribution in [1.29, 1.82) is 0 Å². The van der Waals surface area contributed by atoms with Crippen LogP contribution in [0, 0.1) is 12.7 Å². The molecule has 0 atom stereocenters. The Morgan fingerprint density at radius 1 is 1.33 bits per heavy atom. The maximum atomic E-state index is 13.6. The van der Waals surface area contributed by atoms with Gasteiger partial charge in [0.1, 0.15) is 5.82 Å². The van der Waals surface area contributed by atoms with Crippen molar-refractivity contribution >= 4 is 37.3 Å². The van der Waals surface area contributed by atoms with Gasteiger partial charge in [0, 0.05) is 6.20 Å². The number of hydrazine groups is 1. The van der Waals surface area contributed by atoms with E-state index in [0.717, 1.165) is 6.07 Å². The van der Waals surface area contributed by atoms with Crippen molar-refractivity contribution < 1.29 is 12.8 Å². The van der Waals surface area contributed by atoms with Crippen LogP contribution in [-0.2, 0) is 10.0 Å². The van der Waals surface area contributed by atoms with Crippen molar-refractivity contribution in [2.24, 2.45) is 5.84 Å². The number of halogens is 2. The number of pyridine rings is 1. The van der Waals surface area contributed by atoms with E-state index in [1.54, 1.807) is 13.0 Å². The first-order chi connectivity index (χ1) is 9.85. The third-order valence-electron chi connectivity index (χ3n) is 2.69. The number of aromatic nitrogens is 1. The second kappa shape index (κ2) is 5.96. The minimum atomic E-state index is -3.99. The fraction of sp³-hybridized carbons (Fsp3) is 0.0833. The van der Waals surface area contributed by atoms with Crippen LogP contribution in [0.3, 0.4) is 0 Å². The van der Waals surface area contributed by atoms with Gasteiger partial charge in [0.05, 0.1) is 15.8 Å². The molecule has 0 unspecified atom stereocenters. The Bertz CT molecular complexity index is 783. The van der Waals surface area contributed by atoms with Crippen LogP contribution in [0.2, 0.25) is 0 Å². The van der Waals surface area contributed by atoms with Gasteiger partial charge in [0.15, 0.2) is 0 Å². The number of aryl methyl sites for hydroxylation is 1. The molecule has 112 valence electrons. The number of nitrogens with two attached hydrogens (primary N) is 1. The topological polar surface area (TPSA) is 97.1 Å². The Morgan fingerprint density at radius 3 is 2.71 bits per heavy atom. The van der Waals surface area contributed by atoms with Crippen LogP contribution in [0.15, 0.2) is 40.0 Å². The number of nitrogen functional groups attached to an aromatic ring is 1. The van der Waals surface area contributed by atoms with Gasteiger partial charge in [-0.15, -0.1) is 0 Å². The van der Waals surface area contributed by atoms with Gasteiger partial charge in [-0.1, -0.05) is 0 Å². The fourth-order valence-corrected chi connectivity index (χ4v) is 3.34. The second-order valence-corrected chi connectivity index (χ2v) is 6.64. The van der Waals surface area contributed by atoms with Crippen LogP contribution in [0.25, 0.3) is 0 Å². The number of rotatable bonds is 4. The third kappa shape index (κ3) is 3.31. The standard InChI is InChI=1S/C12H12BrFN4O2S/c1-7-5-8(13)9(14)6-11(7)18-21(19,20)12-10(17-15)3-2-4-16-12/h2-6,17-18H,15H2,1H3. The number of hydrogen-bond acceptors (Lipinski definition) is 5. The Kier molecular flexibility index (Phi) is 4.45. The van der Waals surface area contributed by atoms with Crippen molar-refractivity contribution in [2.45, 2.75) is 11.9 Å². The monoisotopic (exact) mass is 374 g/mol. The summed E-state index contributed by atoms with van der Waals surface area (Å²) >= 11 is 3.04. The predicted molar refractivity (Wildman–Crippen MR) is 81.7 cm³/mol. The minimum Gasteiger partial charge on any atom is -0.321 e.